The lowest BCUT2D eigenvalue weighted by atomic mass is 9.73. The van der Waals surface area contributed by atoms with Crippen LogP contribution in [0.25, 0.3) is 10.9 Å². The van der Waals surface area contributed by atoms with Crippen molar-refractivity contribution in [3.8, 4) is 0 Å². The number of nitrogens with one attached hydrogen (secondary N) is 2. The average molecular weight is 557 g/mol. The molecule has 5 rings (SSSR count). The summed E-state index contributed by atoms with van der Waals surface area (Å²) in [5.74, 6) is -1.19. The van der Waals surface area contributed by atoms with Gasteiger partial charge in [0.2, 0.25) is 5.91 Å². The minimum Gasteiger partial charge on any atom is -0.373 e. The number of rotatable bonds is 4. The van der Waals surface area contributed by atoms with E-state index in [0.717, 1.165) is 5.39 Å². The predicted molar refractivity (Wildman–Crippen MR) is 130 cm³/mol. The summed E-state index contributed by atoms with van der Waals surface area (Å²) in [5, 5.41) is 21.1. The van der Waals surface area contributed by atoms with Crippen LogP contribution in [0, 0.1) is 0 Å². The lowest BCUT2D eigenvalue weighted by Crippen LogP contribution is -2.54. The molecule has 14 heteroatoms. The normalized spacial score (nSPS) is 18.9. The summed E-state index contributed by atoms with van der Waals surface area (Å²) in [7, 11) is 0. The first kappa shape index (κ1) is 25.6. The Labute approximate surface area is 218 Å². The molecule has 1 saturated heterocycles. The third-order valence-corrected chi connectivity index (χ3v) is 7.76. The highest BCUT2D eigenvalue weighted by Gasteiger charge is 2.54. The molecule has 1 spiro atoms. The van der Waals surface area contributed by atoms with Crippen LogP contribution in [0.15, 0.2) is 30.6 Å². The fourth-order valence-corrected chi connectivity index (χ4v) is 5.64. The monoisotopic (exact) mass is 556 g/mol. The highest BCUT2D eigenvalue weighted by Crippen LogP contribution is 2.54. The quantitative estimate of drug-likeness (QED) is 0.454. The lowest BCUT2D eigenvalue weighted by molar-refractivity contribution is -0.137. The van der Waals surface area contributed by atoms with Crippen LogP contribution in [0.2, 0.25) is 10.0 Å². The number of carbonyl (C=O) groups is 2. The highest BCUT2D eigenvalue weighted by atomic mass is 35.5. The second-order valence-corrected chi connectivity index (χ2v) is 9.91. The Bertz CT molecular complexity index is 1370. The van der Waals surface area contributed by atoms with Crippen LogP contribution in [0.1, 0.15) is 28.9 Å². The van der Waals surface area contributed by atoms with Gasteiger partial charge in [0.05, 0.1) is 34.5 Å². The smallest absolute Gasteiger partial charge is 0.373 e. The molecule has 0 radical (unpaired) electrons. The number of benzene rings is 1. The number of hydrogen-bond acceptors (Lipinski definition) is 6. The number of carbonyl (C=O) groups excluding carboxylic acids is 2. The number of H-pyrrole nitrogens is 1. The molecular formula is C23H21Cl2F3N6O3. The van der Waals surface area contributed by atoms with E-state index in [-0.39, 0.29) is 47.6 Å². The number of halogens is 5. The Balaban J connectivity index is 1.38. The van der Waals surface area contributed by atoms with Gasteiger partial charge in [-0.25, -0.2) is 4.98 Å². The number of aromatic nitrogens is 3. The third-order valence-electron chi connectivity index (χ3n) is 6.96. The van der Waals surface area contributed by atoms with Gasteiger partial charge in [0.25, 0.3) is 5.91 Å². The van der Waals surface area contributed by atoms with Crippen LogP contribution in [0.3, 0.4) is 0 Å². The molecule has 1 fully saturated rings. The first-order valence-corrected chi connectivity index (χ1v) is 12.1. The van der Waals surface area contributed by atoms with Gasteiger partial charge in [-0.2, -0.15) is 18.3 Å². The maximum Gasteiger partial charge on any atom is 0.405 e. The molecule has 2 aromatic heterocycles. The van der Waals surface area contributed by atoms with Crippen LogP contribution in [-0.2, 0) is 10.2 Å². The first-order chi connectivity index (χ1) is 17.5. The van der Waals surface area contributed by atoms with E-state index in [2.05, 4.69) is 15.2 Å². The van der Waals surface area contributed by atoms with E-state index >= 15 is 0 Å². The molecule has 2 amide bonds. The fraction of sp³-hybridized carbons (Fsp3) is 0.391. The van der Waals surface area contributed by atoms with E-state index in [1.165, 1.54) is 17.2 Å². The summed E-state index contributed by atoms with van der Waals surface area (Å²) in [5.41, 5.74) is 0.895. The van der Waals surface area contributed by atoms with Gasteiger partial charge >= 0.3 is 6.18 Å². The highest BCUT2D eigenvalue weighted by molar-refractivity contribution is 6.43. The number of fused-ring (bicyclic) bond motifs is 3. The summed E-state index contributed by atoms with van der Waals surface area (Å²) in [6, 6.07) is 4.73. The molecule has 0 aliphatic carbocycles. The molecule has 2 aliphatic rings. The van der Waals surface area contributed by atoms with Gasteiger partial charge in [-0.1, -0.05) is 23.2 Å². The zero-order chi connectivity index (χ0) is 26.5. The number of amides is 2. The number of nitrogens with zero attached hydrogens (tertiary/aromatic N) is 4. The molecule has 1 unspecified atom stereocenters. The van der Waals surface area contributed by atoms with Crippen molar-refractivity contribution in [2.75, 3.05) is 31.1 Å². The minimum absolute atomic E-state index is 0.197. The van der Waals surface area contributed by atoms with Crippen molar-refractivity contribution in [2.45, 2.75) is 30.7 Å². The van der Waals surface area contributed by atoms with Crippen LogP contribution in [-0.4, -0.2) is 75.6 Å². The van der Waals surface area contributed by atoms with E-state index in [0.29, 0.717) is 16.8 Å². The SMILES string of the molecule is O=C(CN1c2ccc(Cl)c(Cl)c2C2(CCN(C(=O)c3cc4cn[nH]c4cn3)CC2)C1O)NCC(F)(F)F. The van der Waals surface area contributed by atoms with Crippen molar-refractivity contribution in [1.29, 1.82) is 0 Å². The van der Waals surface area contributed by atoms with Crippen molar-refractivity contribution in [3.05, 3.63) is 51.9 Å². The van der Waals surface area contributed by atoms with Crippen molar-refractivity contribution < 1.29 is 27.9 Å². The van der Waals surface area contributed by atoms with Crippen LogP contribution < -0.4 is 10.2 Å². The zero-order valence-electron chi connectivity index (χ0n) is 19.1. The summed E-state index contributed by atoms with van der Waals surface area (Å²) in [6.45, 7) is -1.50. The average Bonchev–Trinajstić information content (AvgIpc) is 3.42. The Hall–Kier alpha value is -3.09. The maximum absolute atomic E-state index is 13.1. The maximum atomic E-state index is 13.1. The molecule has 3 N–H and O–H groups in total. The van der Waals surface area contributed by atoms with Gasteiger partial charge < -0.3 is 20.2 Å². The number of alkyl halides is 3. The Kier molecular flexibility index (Phi) is 6.45. The summed E-state index contributed by atoms with van der Waals surface area (Å²) in [6.07, 6.45) is -2.15. The second-order valence-electron chi connectivity index (χ2n) is 9.12. The molecule has 2 aliphatic heterocycles. The van der Waals surface area contributed by atoms with Crippen molar-refractivity contribution in [3.63, 3.8) is 0 Å². The fourth-order valence-electron chi connectivity index (χ4n) is 5.13. The van der Waals surface area contributed by atoms with Crippen LogP contribution in [0.5, 0.6) is 0 Å². The molecule has 1 atom stereocenters. The minimum atomic E-state index is -4.56. The number of aliphatic hydroxyl groups is 1. The van der Waals surface area contributed by atoms with Crippen LogP contribution in [0.4, 0.5) is 18.9 Å². The van der Waals surface area contributed by atoms with Gasteiger partial charge in [-0.05, 0) is 31.0 Å². The summed E-state index contributed by atoms with van der Waals surface area (Å²) in [4.78, 5) is 32.6. The third kappa shape index (κ3) is 4.57. The molecule has 3 aromatic rings. The van der Waals surface area contributed by atoms with E-state index < -0.39 is 36.8 Å². The molecule has 196 valence electrons. The lowest BCUT2D eigenvalue weighted by Gasteiger charge is -2.42. The van der Waals surface area contributed by atoms with Gasteiger partial charge in [-0.15, -0.1) is 0 Å². The number of aliphatic hydroxyl groups excluding tert-OH is 1. The molecule has 37 heavy (non-hydrogen) atoms. The topological polar surface area (TPSA) is 114 Å². The Morgan fingerprint density at radius 1 is 1.22 bits per heavy atom. The summed E-state index contributed by atoms with van der Waals surface area (Å²) < 4.78 is 37.7. The number of anilines is 1. The number of aromatic amines is 1. The van der Waals surface area contributed by atoms with Crippen molar-refractivity contribution in [2.24, 2.45) is 0 Å². The molecule has 4 heterocycles. The molecule has 9 nitrogen and oxygen atoms in total. The van der Waals surface area contributed by atoms with Gasteiger partial charge in [-0.3, -0.25) is 14.7 Å². The Morgan fingerprint density at radius 2 is 1.95 bits per heavy atom. The zero-order valence-corrected chi connectivity index (χ0v) is 20.7. The summed E-state index contributed by atoms with van der Waals surface area (Å²) >= 11 is 12.8. The molecule has 0 bridgehead atoms. The van der Waals surface area contributed by atoms with E-state index in [1.807, 2.05) is 5.32 Å². The van der Waals surface area contributed by atoms with Crippen molar-refractivity contribution >= 4 is 51.6 Å². The number of pyridine rings is 1. The second kappa shape index (κ2) is 9.34. The predicted octanol–water partition coefficient (Wildman–Crippen LogP) is 3.26. The number of likely N-dealkylation sites (tertiary alicyclic amines) is 1. The van der Waals surface area contributed by atoms with Gasteiger partial charge in [0, 0.05) is 35.1 Å². The Morgan fingerprint density at radius 3 is 2.65 bits per heavy atom. The standard InChI is InChI=1S/C23H21Cl2F3N6O3/c24-13-1-2-16-18(19(13)25)22(21(37)34(16)10-17(35)30-11-23(26,27)28)3-5-33(6-4-22)20(36)14-7-12-8-31-32-15(12)9-29-14/h1-2,7-9,21,37H,3-6,10-11H2,(H,30,35)(H,31,32). The van der Waals surface area contributed by atoms with Gasteiger partial charge in [0.1, 0.15) is 18.5 Å². The molecule has 1 aromatic carbocycles. The van der Waals surface area contributed by atoms with E-state index in [4.69, 9.17) is 23.2 Å². The number of hydrogen-bond donors (Lipinski definition) is 3. The first-order valence-electron chi connectivity index (χ1n) is 11.4. The molecular weight excluding hydrogens is 536 g/mol. The van der Waals surface area contributed by atoms with Gasteiger partial charge in [0.15, 0.2) is 0 Å². The van der Waals surface area contributed by atoms with E-state index in [1.54, 1.807) is 23.2 Å². The number of piperidine rings is 1. The largest absolute Gasteiger partial charge is 0.405 e. The van der Waals surface area contributed by atoms with E-state index in [9.17, 15) is 27.9 Å². The van der Waals surface area contributed by atoms with Crippen LogP contribution >= 0.6 is 23.2 Å². The van der Waals surface area contributed by atoms with Crippen molar-refractivity contribution in [1.82, 2.24) is 25.4 Å². The molecule has 0 saturated carbocycles.